The van der Waals surface area contributed by atoms with Gasteiger partial charge in [0.05, 0.1) is 14.8 Å². The predicted octanol–water partition coefficient (Wildman–Crippen LogP) is 2.63. The van der Waals surface area contributed by atoms with E-state index in [-0.39, 0.29) is 0 Å². The van der Waals surface area contributed by atoms with Crippen LogP contribution in [-0.2, 0) is 9.73 Å². The molecule has 0 radical (unpaired) electrons. The number of hydrogen-bond donors (Lipinski definition) is 0. The largest absolute Gasteiger partial charge is 0.249 e. The highest BCUT2D eigenvalue weighted by molar-refractivity contribution is 7.93. The molecular formula is C9H11ClN2OS. The summed E-state index contributed by atoms with van der Waals surface area (Å²) in [6.07, 6.45) is 3.60. The van der Waals surface area contributed by atoms with Gasteiger partial charge in [-0.3, -0.25) is 0 Å². The van der Waals surface area contributed by atoms with Crippen molar-refractivity contribution in [2.24, 2.45) is 4.36 Å². The average Bonchev–Trinajstić information content (AvgIpc) is 2.57. The van der Waals surface area contributed by atoms with Gasteiger partial charge in [-0.05, 0) is 25.0 Å². The van der Waals surface area contributed by atoms with E-state index >= 15 is 0 Å². The van der Waals surface area contributed by atoms with Crippen molar-refractivity contribution in [1.29, 1.82) is 0 Å². The van der Waals surface area contributed by atoms with Crippen LogP contribution in [0.1, 0.15) is 12.8 Å². The normalized spacial score (nSPS) is 19.5. The van der Waals surface area contributed by atoms with Crippen LogP contribution in [0, 0.1) is 0 Å². The van der Waals surface area contributed by atoms with Crippen LogP contribution in [-0.4, -0.2) is 20.7 Å². The van der Waals surface area contributed by atoms with Crippen molar-refractivity contribution >= 4 is 27.1 Å². The van der Waals surface area contributed by atoms with Gasteiger partial charge in [0.2, 0.25) is 0 Å². The topological polar surface area (TPSA) is 42.3 Å². The first-order chi connectivity index (χ1) is 6.70. The van der Waals surface area contributed by atoms with Gasteiger partial charge in [-0.25, -0.2) is 9.19 Å². The van der Waals surface area contributed by atoms with Crippen LogP contribution in [0.2, 0.25) is 5.02 Å². The molecule has 1 aromatic heterocycles. The van der Waals surface area contributed by atoms with Crippen molar-refractivity contribution in [3.8, 4) is 0 Å². The van der Waals surface area contributed by atoms with Gasteiger partial charge >= 0.3 is 0 Å². The van der Waals surface area contributed by atoms with Crippen molar-refractivity contribution in [2.45, 2.75) is 12.8 Å². The van der Waals surface area contributed by atoms with E-state index in [2.05, 4.69) is 9.35 Å². The lowest BCUT2D eigenvalue weighted by molar-refractivity contribution is 0.681. The van der Waals surface area contributed by atoms with Crippen molar-refractivity contribution in [3.63, 3.8) is 0 Å². The molecule has 1 fully saturated rings. The lowest BCUT2D eigenvalue weighted by Crippen LogP contribution is -1.99. The maximum Gasteiger partial charge on any atom is 0.180 e. The monoisotopic (exact) mass is 230 g/mol. The highest BCUT2D eigenvalue weighted by Gasteiger charge is 2.17. The number of pyridine rings is 1. The van der Waals surface area contributed by atoms with E-state index < -0.39 is 9.73 Å². The molecule has 0 amide bonds. The van der Waals surface area contributed by atoms with Gasteiger partial charge < -0.3 is 0 Å². The molecule has 2 rings (SSSR count). The third-order valence-corrected chi connectivity index (χ3v) is 4.82. The minimum absolute atomic E-state index is 0.418. The fourth-order valence-corrected chi connectivity index (χ4v) is 3.82. The van der Waals surface area contributed by atoms with Crippen LogP contribution in [0.25, 0.3) is 0 Å². The molecule has 0 unspecified atom stereocenters. The van der Waals surface area contributed by atoms with Gasteiger partial charge in [0.1, 0.15) is 0 Å². The summed E-state index contributed by atoms with van der Waals surface area (Å²) in [5, 5.41) is 0.474. The first-order valence-electron chi connectivity index (χ1n) is 4.53. The van der Waals surface area contributed by atoms with Crippen LogP contribution in [0.3, 0.4) is 0 Å². The average molecular weight is 231 g/mol. The van der Waals surface area contributed by atoms with Gasteiger partial charge in [0.25, 0.3) is 0 Å². The zero-order valence-corrected chi connectivity index (χ0v) is 9.22. The maximum absolute atomic E-state index is 12.0. The van der Waals surface area contributed by atoms with E-state index in [4.69, 9.17) is 11.6 Å². The van der Waals surface area contributed by atoms with Gasteiger partial charge in [0, 0.05) is 17.7 Å². The zero-order valence-electron chi connectivity index (χ0n) is 7.65. The molecule has 1 aromatic rings. The molecule has 0 N–H and O–H groups in total. The Hall–Kier alpha value is -0.610. The molecular weight excluding hydrogens is 220 g/mol. The molecule has 2 heterocycles. The molecule has 3 nitrogen and oxygen atoms in total. The molecule has 76 valence electrons. The van der Waals surface area contributed by atoms with E-state index in [9.17, 15) is 4.21 Å². The molecule has 1 aliphatic rings. The van der Waals surface area contributed by atoms with Crippen molar-refractivity contribution in [2.75, 3.05) is 11.5 Å². The van der Waals surface area contributed by atoms with Gasteiger partial charge in [0.15, 0.2) is 5.82 Å². The second-order valence-electron chi connectivity index (χ2n) is 3.29. The Kier molecular flexibility index (Phi) is 2.74. The van der Waals surface area contributed by atoms with Crippen molar-refractivity contribution < 1.29 is 4.21 Å². The van der Waals surface area contributed by atoms with Crippen molar-refractivity contribution in [1.82, 2.24) is 4.98 Å². The molecule has 14 heavy (non-hydrogen) atoms. The number of hydrogen-bond acceptors (Lipinski definition) is 3. The van der Waals surface area contributed by atoms with Crippen LogP contribution >= 0.6 is 11.6 Å². The lowest BCUT2D eigenvalue weighted by atomic mass is 10.4. The van der Waals surface area contributed by atoms with E-state index in [1.807, 2.05) is 0 Å². The Morgan fingerprint density at radius 3 is 2.79 bits per heavy atom. The number of halogens is 1. The molecule has 1 aliphatic heterocycles. The molecule has 0 atom stereocenters. The Morgan fingerprint density at radius 1 is 1.43 bits per heavy atom. The van der Waals surface area contributed by atoms with Crippen molar-refractivity contribution in [3.05, 3.63) is 23.4 Å². The minimum atomic E-state index is -2.05. The molecule has 0 aliphatic carbocycles. The molecule has 1 saturated heterocycles. The highest BCUT2D eigenvalue weighted by atomic mass is 35.5. The smallest absolute Gasteiger partial charge is 0.180 e. The maximum atomic E-state index is 12.0. The van der Waals surface area contributed by atoms with E-state index in [1.54, 1.807) is 18.3 Å². The van der Waals surface area contributed by atoms with Crippen LogP contribution in [0.15, 0.2) is 22.7 Å². The summed E-state index contributed by atoms with van der Waals surface area (Å²) < 4.78 is 16.2. The number of nitrogens with zero attached hydrogens (tertiary/aromatic N) is 2. The van der Waals surface area contributed by atoms with Crippen LogP contribution in [0.4, 0.5) is 5.82 Å². The summed E-state index contributed by atoms with van der Waals surface area (Å²) in [4.78, 5) is 4.01. The Bertz CT molecular complexity index is 440. The summed E-state index contributed by atoms with van der Waals surface area (Å²) in [7, 11) is -2.05. The fraction of sp³-hybridized carbons (Fsp3) is 0.444. The third kappa shape index (κ3) is 2.07. The first-order valence-corrected chi connectivity index (χ1v) is 6.76. The lowest BCUT2D eigenvalue weighted by Gasteiger charge is -2.00. The number of aromatic nitrogens is 1. The predicted molar refractivity (Wildman–Crippen MR) is 58.4 cm³/mol. The summed E-state index contributed by atoms with van der Waals surface area (Å²) in [6, 6.07) is 3.45. The second kappa shape index (κ2) is 3.87. The molecule has 5 heteroatoms. The van der Waals surface area contributed by atoms with Crippen LogP contribution < -0.4 is 0 Å². The standard InChI is InChI=1S/C9H11ClN2OS/c10-8-4-3-5-11-9(8)12-14(13)6-1-2-7-14/h3-5H,1-2,6-7H2. The van der Waals surface area contributed by atoms with E-state index in [1.165, 1.54) is 0 Å². The van der Waals surface area contributed by atoms with Gasteiger partial charge in [-0.1, -0.05) is 11.6 Å². The van der Waals surface area contributed by atoms with E-state index in [0.29, 0.717) is 22.3 Å². The minimum Gasteiger partial charge on any atom is -0.249 e. The summed E-state index contributed by atoms with van der Waals surface area (Å²) >= 11 is 5.88. The number of rotatable bonds is 1. The molecule has 0 bridgehead atoms. The Labute approximate surface area is 88.7 Å². The molecule has 0 saturated carbocycles. The fourth-order valence-electron chi connectivity index (χ4n) is 1.45. The Morgan fingerprint density at radius 2 is 2.14 bits per heavy atom. The Balaban J connectivity index is 2.43. The van der Waals surface area contributed by atoms with Gasteiger partial charge in [-0.2, -0.15) is 4.36 Å². The zero-order chi connectivity index (χ0) is 10.0. The third-order valence-electron chi connectivity index (χ3n) is 2.17. The first kappa shape index (κ1) is 9.93. The summed E-state index contributed by atoms with van der Waals surface area (Å²) in [6.45, 7) is 0. The molecule has 0 aromatic carbocycles. The molecule has 0 spiro atoms. The summed E-state index contributed by atoms with van der Waals surface area (Å²) in [5.41, 5.74) is 0. The van der Waals surface area contributed by atoms with Gasteiger partial charge in [-0.15, -0.1) is 0 Å². The van der Waals surface area contributed by atoms with E-state index in [0.717, 1.165) is 12.8 Å². The second-order valence-corrected chi connectivity index (χ2v) is 6.24. The quantitative estimate of drug-likeness (QED) is 0.744. The van der Waals surface area contributed by atoms with Crippen LogP contribution in [0.5, 0.6) is 0 Å². The SMILES string of the molecule is O=S1(=Nc2ncccc2Cl)CCCC1. The summed E-state index contributed by atoms with van der Waals surface area (Å²) in [5.74, 6) is 1.78. The highest BCUT2D eigenvalue weighted by Crippen LogP contribution is 2.25.